The fraction of sp³-hybridized carbons (Fsp3) is 0.412. The molecule has 0 bridgehead atoms. The van der Waals surface area contributed by atoms with E-state index in [9.17, 15) is 14.4 Å². The topological polar surface area (TPSA) is 96.5 Å². The minimum atomic E-state index is -0.460. The van der Waals surface area contributed by atoms with Gasteiger partial charge in [0.15, 0.2) is 5.11 Å². The van der Waals surface area contributed by atoms with Gasteiger partial charge in [0.05, 0.1) is 13.5 Å². The summed E-state index contributed by atoms with van der Waals surface area (Å²) in [6.07, 6.45) is -0.0249. The third-order valence-electron chi connectivity index (χ3n) is 2.93. The van der Waals surface area contributed by atoms with Gasteiger partial charge in [-0.2, -0.15) is 0 Å². The molecule has 0 aliphatic heterocycles. The monoisotopic (exact) mass is 365 g/mol. The molecule has 3 N–H and O–H groups in total. The summed E-state index contributed by atoms with van der Waals surface area (Å²) in [6, 6.07) is 6.69. The molecule has 0 radical (unpaired) electrons. The van der Waals surface area contributed by atoms with Crippen LogP contribution in [-0.2, 0) is 14.3 Å². The van der Waals surface area contributed by atoms with Crippen LogP contribution in [0.1, 0.15) is 44.0 Å². The van der Waals surface area contributed by atoms with Crippen LogP contribution in [0.4, 0.5) is 5.69 Å². The smallest absolute Gasteiger partial charge is 0.306 e. The number of benzene rings is 1. The Morgan fingerprint density at radius 3 is 2.20 bits per heavy atom. The predicted octanol–water partition coefficient (Wildman–Crippen LogP) is 1.98. The van der Waals surface area contributed by atoms with E-state index < -0.39 is 5.97 Å². The molecule has 2 amide bonds. The van der Waals surface area contributed by atoms with E-state index in [-0.39, 0.29) is 35.3 Å². The lowest BCUT2D eigenvalue weighted by Crippen LogP contribution is -2.40. The Morgan fingerprint density at radius 1 is 1.08 bits per heavy atom. The van der Waals surface area contributed by atoms with Crippen LogP contribution >= 0.6 is 12.2 Å². The second-order valence-electron chi connectivity index (χ2n) is 6.36. The number of carbonyl (C=O) groups is 3. The van der Waals surface area contributed by atoms with Crippen molar-refractivity contribution < 1.29 is 19.1 Å². The third kappa shape index (κ3) is 8.25. The van der Waals surface area contributed by atoms with Crippen molar-refractivity contribution >= 4 is 40.8 Å². The van der Waals surface area contributed by atoms with E-state index >= 15 is 0 Å². The lowest BCUT2D eigenvalue weighted by molar-refractivity contribution is -0.142. The molecule has 1 aromatic carbocycles. The van der Waals surface area contributed by atoms with Crippen molar-refractivity contribution in [2.24, 2.45) is 0 Å². The molecule has 0 atom stereocenters. The minimum Gasteiger partial charge on any atom is -0.469 e. The van der Waals surface area contributed by atoms with Crippen molar-refractivity contribution in [1.82, 2.24) is 10.6 Å². The molecule has 1 aromatic rings. The SMILES string of the molecule is COC(=O)CCC(=O)NC(=S)Nc1ccc(C(=O)NC(C)(C)C)cc1. The summed E-state index contributed by atoms with van der Waals surface area (Å²) >= 11 is 5.04. The van der Waals surface area contributed by atoms with Crippen LogP contribution in [0.25, 0.3) is 0 Å². The number of esters is 1. The Kier molecular flexibility index (Phi) is 7.50. The van der Waals surface area contributed by atoms with Gasteiger partial charge in [0.25, 0.3) is 5.91 Å². The Bertz CT molecular complexity index is 651. The van der Waals surface area contributed by atoms with Crippen LogP contribution in [0, 0.1) is 0 Å². The molecule has 0 aliphatic rings. The number of carbonyl (C=O) groups excluding carboxylic acids is 3. The maximum absolute atomic E-state index is 12.0. The van der Waals surface area contributed by atoms with E-state index in [4.69, 9.17) is 12.2 Å². The highest BCUT2D eigenvalue weighted by Gasteiger charge is 2.15. The number of thiocarbonyl (C=S) groups is 1. The van der Waals surface area contributed by atoms with Gasteiger partial charge in [-0.15, -0.1) is 0 Å². The second kappa shape index (κ2) is 9.12. The van der Waals surface area contributed by atoms with Crippen LogP contribution < -0.4 is 16.0 Å². The molecule has 0 aromatic heterocycles. The molecule has 0 saturated carbocycles. The van der Waals surface area contributed by atoms with E-state index in [0.717, 1.165) is 0 Å². The molecule has 0 aliphatic carbocycles. The summed E-state index contributed by atoms with van der Waals surface area (Å²) in [5.41, 5.74) is 0.837. The highest BCUT2D eigenvalue weighted by molar-refractivity contribution is 7.80. The average molecular weight is 365 g/mol. The molecular formula is C17H23N3O4S. The lowest BCUT2D eigenvalue weighted by atomic mass is 10.1. The van der Waals surface area contributed by atoms with Gasteiger partial charge >= 0.3 is 5.97 Å². The van der Waals surface area contributed by atoms with Gasteiger partial charge in [0.1, 0.15) is 0 Å². The van der Waals surface area contributed by atoms with Gasteiger partial charge in [-0.1, -0.05) is 0 Å². The quantitative estimate of drug-likeness (QED) is 0.545. The molecule has 0 fully saturated rings. The number of amides is 2. The molecule has 1 rings (SSSR count). The van der Waals surface area contributed by atoms with Crippen LogP contribution in [-0.4, -0.2) is 35.5 Å². The van der Waals surface area contributed by atoms with E-state index in [1.165, 1.54) is 7.11 Å². The van der Waals surface area contributed by atoms with Gasteiger partial charge in [-0.25, -0.2) is 0 Å². The van der Waals surface area contributed by atoms with Gasteiger partial charge in [-0.3, -0.25) is 14.4 Å². The molecule has 8 heteroatoms. The maximum atomic E-state index is 12.0. The Hall–Kier alpha value is -2.48. The number of anilines is 1. The molecule has 0 spiro atoms. The van der Waals surface area contributed by atoms with E-state index in [1.54, 1.807) is 24.3 Å². The number of methoxy groups -OCH3 is 1. The summed E-state index contributed by atoms with van der Waals surface area (Å²) in [5.74, 6) is -1.01. The average Bonchev–Trinajstić information content (AvgIpc) is 2.51. The third-order valence-corrected chi connectivity index (χ3v) is 3.13. The zero-order chi connectivity index (χ0) is 19.0. The van der Waals surface area contributed by atoms with Gasteiger partial charge in [0, 0.05) is 23.2 Å². The Morgan fingerprint density at radius 2 is 1.68 bits per heavy atom. The van der Waals surface area contributed by atoms with Crippen LogP contribution in [0.5, 0.6) is 0 Å². The molecule has 25 heavy (non-hydrogen) atoms. The molecule has 136 valence electrons. The molecular weight excluding hydrogens is 342 g/mol. The lowest BCUT2D eigenvalue weighted by Gasteiger charge is -2.20. The first-order valence-corrected chi connectivity index (χ1v) is 8.12. The predicted molar refractivity (Wildman–Crippen MR) is 99.3 cm³/mol. The van der Waals surface area contributed by atoms with Crippen molar-refractivity contribution in [3.8, 4) is 0 Å². The largest absolute Gasteiger partial charge is 0.469 e. The van der Waals surface area contributed by atoms with E-state index in [1.807, 2.05) is 20.8 Å². The van der Waals surface area contributed by atoms with Gasteiger partial charge < -0.3 is 20.7 Å². The normalized spacial score (nSPS) is 10.6. The second-order valence-corrected chi connectivity index (χ2v) is 6.77. The maximum Gasteiger partial charge on any atom is 0.306 e. The summed E-state index contributed by atoms with van der Waals surface area (Å²) in [7, 11) is 1.26. The first-order chi connectivity index (χ1) is 11.6. The number of ether oxygens (including phenoxy) is 1. The summed E-state index contributed by atoms with van der Waals surface area (Å²) < 4.78 is 4.46. The van der Waals surface area contributed by atoms with Crippen molar-refractivity contribution in [2.75, 3.05) is 12.4 Å². The zero-order valence-electron chi connectivity index (χ0n) is 14.8. The first kappa shape index (κ1) is 20.6. The van der Waals surface area contributed by atoms with Gasteiger partial charge in [0.2, 0.25) is 5.91 Å². The number of hydrogen-bond donors (Lipinski definition) is 3. The van der Waals surface area contributed by atoms with Crippen molar-refractivity contribution in [3.05, 3.63) is 29.8 Å². The first-order valence-electron chi connectivity index (χ1n) is 7.71. The van der Waals surface area contributed by atoms with Crippen LogP contribution in [0.3, 0.4) is 0 Å². The fourth-order valence-corrected chi connectivity index (χ4v) is 2.02. The Labute approximate surface area is 152 Å². The van der Waals surface area contributed by atoms with Crippen molar-refractivity contribution in [2.45, 2.75) is 39.2 Å². The molecule has 0 saturated heterocycles. The van der Waals surface area contributed by atoms with Crippen LogP contribution in [0.15, 0.2) is 24.3 Å². The highest BCUT2D eigenvalue weighted by Crippen LogP contribution is 2.11. The molecule has 7 nitrogen and oxygen atoms in total. The number of hydrogen-bond acceptors (Lipinski definition) is 5. The van der Waals surface area contributed by atoms with Crippen molar-refractivity contribution in [1.29, 1.82) is 0 Å². The van der Waals surface area contributed by atoms with E-state index in [0.29, 0.717) is 11.3 Å². The Balaban J connectivity index is 2.52. The van der Waals surface area contributed by atoms with E-state index in [2.05, 4.69) is 20.7 Å². The number of nitrogens with one attached hydrogen (secondary N) is 3. The fourth-order valence-electron chi connectivity index (χ4n) is 1.79. The standard InChI is InChI=1S/C17H23N3O4S/c1-17(2,3)20-15(23)11-5-7-12(8-6-11)18-16(25)19-13(21)9-10-14(22)24-4/h5-8H,9-10H2,1-4H3,(H,20,23)(H2,18,19,21,25). The van der Waals surface area contributed by atoms with Crippen LogP contribution in [0.2, 0.25) is 0 Å². The molecule has 0 unspecified atom stereocenters. The van der Waals surface area contributed by atoms with Gasteiger partial charge in [-0.05, 0) is 57.3 Å². The minimum absolute atomic E-state index is 0.0114. The number of rotatable bonds is 5. The highest BCUT2D eigenvalue weighted by atomic mass is 32.1. The summed E-state index contributed by atoms with van der Waals surface area (Å²) in [5, 5.41) is 8.29. The molecule has 0 heterocycles. The summed E-state index contributed by atoms with van der Waals surface area (Å²) in [6.45, 7) is 5.71. The van der Waals surface area contributed by atoms with Crippen molar-refractivity contribution in [3.63, 3.8) is 0 Å². The zero-order valence-corrected chi connectivity index (χ0v) is 15.6. The summed E-state index contributed by atoms with van der Waals surface area (Å²) in [4.78, 5) is 34.7.